The molecule has 0 bridgehead atoms. The molecule has 1 heterocycles. The largest absolute Gasteiger partial charge is 0.496 e. The number of hydrogen-bond acceptors (Lipinski definition) is 4. The highest BCUT2D eigenvalue weighted by atomic mass is 32.1. The van der Waals surface area contributed by atoms with Crippen molar-refractivity contribution in [1.29, 1.82) is 0 Å². The Bertz CT molecular complexity index is 627. The minimum Gasteiger partial charge on any atom is -0.496 e. The molecule has 4 heteroatoms. The van der Waals surface area contributed by atoms with Crippen molar-refractivity contribution in [3.8, 4) is 11.5 Å². The number of ketones is 1. The predicted molar refractivity (Wildman–Crippen MR) is 83.9 cm³/mol. The van der Waals surface area contributed by atoms with Crippen molar-refractivity contribution in [1.82, 2.24) is 0 Å². The minimum absolute atomic E-state index is 0.0105. The van der Waals surface area contributed by atoms with E-state index in [9.17, 15) is 4.79 Å². The number of ether oxygens (including phenoxy) is 2. The third-order valence-electron chi connectivity index (χ3n) is 3.88. The molecular weight excluding hydrogens is 284 g/mol. The number of hydrogen-bond donors (Lipinski definition) is 0. The quantitative estimate of drug-likeness (QED) is 0.804. The van der Waals surface area contributed by atoms with Gasteiger partial charge in [0.05, 0.1) is 19.1 Å². The van der Waals surface area contributed by atoms with E-state index in [2.05, 4.69) is 0 Å². The first-order valence-corrected chi connectivity index (χ1v) is 7.93. The summed E-state index contributed by atoms with van der Waals surface area (Å²) in [5.41, 5.74) is 1.85. The zero-order valence-corrected chi connectivity index (χ0v) is 13.1. The summed E-state index contributed by atoms with van der Waals surface area (Å²) in [6, 6.07) is 7.47. The molecule has 0 saturated carbocycles. The molecule has 110 valence electrons. The van der Waals surface area contributed by atoms with Gasteiger partial charge in [0.25, 0.3) is 0 Å². The van der Waals surface area contributed by atoms with E-state index >= 15 is 0 Å². The van der Waals surface area contributed by atoms with Crippen LogP contribution in [0.15, 0.2) is 24.3 Å². The molecule has 1 aliphatic rings. The molecule has 0 amide bonds. The first-order chi connectivity index (χ1) is 10.2. The molecular formula is C17H18O3S. The molecule has 1 aromatic heterocycles. The first kappa shape index (κ1) is 14.1. The second-order valence-corrected chi connectivity index (χ2v) is 6.27. The molecule has 1 aliphatic carbocycles. The number of benzene rings is 1. The summed E-state index contributed by atoms with van der Waals surface area (Å²) in [5, 5.41) is 0. The molecule has 0 atom stereocenters. The van der Waals surface area contributed by atoms with Gasteiger partial charge in [-0.1, -0.05) is 6.07 Å². The number of carbonyl (C=O) groups is 1. The summed E-state index contributed by atoms with van der Waals surface area (Å²) in [6.07, 6.45) is 4.62. The second kappa shape index (κ2) is 5.90. The third-order valence-corrected chi connectivity index (χ3v) is 5.11. The van der Waals surface area contributed by atoms with E-state index in [1.165, 1.54) is 23.3 Å². The van der Waals surface area contributed by atoms with Crippen molar-refractivity contribution in [2.24, 2.45) is 0 Å². The first-order valence-electron chi connectivity index (χ1n) is 7.12. The van der Waals surface area contributed by atoms with Gasteiger partial charge in [0.2, 0.25) is 5.78 Å². The summed E-state index contributed by atoms with van der Waals surface area (Å²) in [6.45, 7) is 0. The highest BCUT2D eigenvalue weighted by Gasteiger charge is 2.23. The van der Waals surface area contributed by atoms with Crippen molar-refractivity contribution in [2.75, 3.05) is 14.2 Å². The average Bonchev–Trinajstić information content (AvgIpc) is 2.97. The summed E-state index contributed by atoms with van der Waals surface area (Å²) in [4.78, 5) is 15.0. The van der Waals surface area contributed by atoms with Crippen molar-refractivity contribution in [3.63, 3.8) is 0 Å². The van der Waals surface area contributed by atoms with Crippen LogP contribution < -0.4 is 9.47 Å². The molecule has 0 radical (unpaired) electrons. The summed E-state index contributed by atoms with van der Waals surface area (Å²) < 4.78 is 10.7. The Balaban J connectivity index is 2.04. The topological polar surface area (TPSA) is 35.5 Å². The van der Waals surface area contributed by atoms with Gasteiger partial charge in [-0.05, 0) is 49.4 Å². The third kappa shape index (κ3) is 2.56. The summed E-state index contributed by atoms with van der Waals surface area (Å²) in [5.74, 6) is 1.11. The zero-order chi connectivity index (χ0) is 14.8. The molecule has 2 aromatic rings. The molecule has 21 heavy (non-hydrogen) atoms. The average molecular weight is 302 g/mol. The van der Waals surface area contributed by atoms with Crippen LogP contribution in [0.2, 0.25) is 0 Å². The molecule has 0 saturated heterocycles. The Labute approximate surface area is 128 Å². The monoisotopic (exact) mass is 302 g/mol. The molecule has 0 aliphatic heterocycles. The van der Waals surface area contributed by atoms with Crippen LogP contribution in [-0.2, 0) is 12.8 Å². The highest BCUT2D eigenvalue weighted by Crippen LogP contribution is 2.35. The lowest BCUT2D eigenvalue weighted by Crippen LogP contribution is -2.05. The van der Waals surface area contributed by atoms with Gasteiger partial charge in [-0.3, -0.25) is 4.79 Å². The van der Waals surface area contributed by atoms with Crippen LogP contribution in [0.4, 0.5) is 0 Å². The lowest BCUT2D eigenvalue weighted by molar-refractivity contribution is 0.103. The maximum atomic E-state index is 12.9. The van der Waals surface area contributed by atoms with Crippen molar-refractivity contribution in [2.45, 2.75) is 25.7 Å². The summed E-state index contributed by atoms with van der Waals surface area (Å²) >= 11 is 1.62. The Morgan fingerprint density at radius 2 is 1.76 bits per heavy atom. The maximum absolute atomic E-state index is 12.9. The van der Waals surface area contributed by atoms with Crippen LogP contribution in [0.5, 0.6) is 11.5 Å². The zero-order valence-electron chi connectivity index (χ0n) is 12.3. The van der Waals surface area contributed by atoms with E-state index in [1.807, 2.05) is 12.1 Å². The van der Waals surface area contributed by atoms with Gasteiger partial charge in [0, 0.05) is 4.88 Å². The maximum Gasteiger partial charge on any atom is 0.210 e. The molecule has 3 nitrogen and oxygen atoms in total. The van der Waals surface area contributed by atoms with Crippen LogP contribution in [-0.4, -0.2) is 20.0 Å². The number of thiophene rings is 1. The Hall–Kier alpha value is -1.81. The fourth-order valence-electron chi connectivity index (χ4n) is 2.80. The standard InChI is InChI=1S/C17H18O3S/c1-19-12-7-5-8-13(20-2)16(12)17(18)15-10-11-6-3-4-9-14(11)21-15/h5,7-8,10H,3-4,6,9H2,1-2H3. The molecule has 0 unspecified atom stereocenters. The van der Waals surface area contributed by atoms with E-state index in [1.54, 1.807) is 37.7 Å². The van der Waals surface area contributed by atoms with E-state index < -0.39 is 0 Å². The second-order valence-electron chi connectivity index (χ2n) is 5.13. The van der Waals surface area contributed by atoms with Gasteiger partial charge < -0.3 is 9.47 Å². The fraction of sp³-hybridized carbons (Fsp3) is 0.353. The fourth-order valence-corrected chi connectivity index (χ4v) is 4.00. The number of fused-ring (bicyclic) bond motifs is 1. The lowest BCUT2D eigenvalue weighted by Gasteiger charge is -2.11. The molecule has 0 spiro atoms. The van der Waals surface area contributed by atoms with Crippen LogP contribution in [0.1, 0.15) is 38.5 Å². The number of methoxy groups -OCH3 is 2. The minimum atomic E-state index is -0.0105. The van der Waals surface area contributed by atoms with E-state index in [0.717, 1.165) is 17.7 Å². The molecule has 0 fully saturated rings. The smallest absolute Gasteiger partial charge is 0.210 e. The van der Waals surface area contributed by atoms with E-state index in [0.29, 0.717) is 17.1 Å². The van der Waals surface area contributed by atoms with Crippen molar-refractivity contribution in [3.05, 3.63) is 45.1 Å². The molecule has 3 rings (SSSR count). The van der Waals surface area contributed by atoms with Crippen LogP contribution >= 0.6 is 11.3 Å². The van der Waals surface area contributed by atoms with Crippen molar-refractivity contribution >= 4 is 17.1 Å². The molecule has 0 N–H and O–H groups in total. The summed E-state index contributed by atoms with van der Waals surface area (Å²) in [7, 11) is 3.15. The van der Waals surface area contributed by atoms with Gasteiger partial charge in [0.1, 0.15) is 17.1 Å². The molecule has 1 aromatic carbocycles. The van der Waals surface area contributed by atoms with Gasteiger partial charge >= 0.3 is 0 Å². The SMILES string of the molecule is COc1cccc(OC)c1C(=O)c1cc2c(s1)CCCC2. The van der Waals surface area contributed by atoms with Crippen LogP contribution in [0.3, 0.4) is 0 Å². The number of aryl methyl sites for hydroxylation is 2. The van der Waals surface area contributed by atoms with E-state index in [4.69, 9.17) is 9.47 Å². The van der Waals surface area contributed by atoms with Crippen molar-refractivity contribution < 1.29 is 14.3 Å². The van der Waals surface area contributed by atoms with Gasteiger partial charge in [0.15, 0.2) is 0 Å². The number of carbonyl (C=O) groups excluding carboxylic acids is 1. The van der Waals surface area contributed by atoms with Gasteiger partial charge in [-0.15, -0.1) is 11.3 Å². The number of rotatable bonds is 4. The normalized spacial score (nSPS) is 13.6. The Morgan fingerprint density at radius 3 is 2.38 bits per heavy atom. The van der Waals surface area contributed by atoms with Crippen LogP contribution in [0.25, 0.3) is 0 Å². The van der Waals surface area contributed by atoms with Crippen LogP contribution in [0, 0.1) is 0 Å². The lowest BCUT2D eigenvalue weighted by atomic mass is 9.98. The van der Waals surface area contributed by atoms with Gasteiger partial charge in [-0.25, -0.2) is 0 Å². The Kier molecular flexibility index (Phi) is 3.97. The predicted octanol–water partition coefficient (Wildman–Crippen LogP) is 3.88. The highest BCUT2D eigenvalue weighted by molar-refractivity contribution is 7.14. The van der Waals surface area contributed by atoms with E-state index in [-0.39, 0.29) is 5.78 Å². The van der Waals surface area contributed by atoms with Gasteiger partial charge in [-0.2, -0.15) is 0 Å². The Morgan fingerprint density at radius 1 is 1.10 bits per heavy atom.